The molecular weight excluding hydrogens is 432 g/mol. The number of nitrogens with one attached hydrogen (secondary N) is 1. The van der Waals surface area contributed by atoms with Gasteiger partial charge in [-0.2, -0.15) is 5.21 Å². The first-order chi connectivity index (χ1) is 17.1. The normalized spacial score (nSPS) is 15.8. The molecule has 0 radical (unpaired) electrons. The number of aryl methyl sites for hydroxylation is 1. The third-order valence-electron chi connectivity index (χ3n) is 7.49. The predicted octanol–water partition coefficient (Wildman–Crippen LogP) is 6.27. The first-order valence-electron chi connectivity index (χ1n) is 13.1. The second-order valence-corrected chi connectivity index (χ2v) is 10.2. The monoisotopic (exact) mass is 468 g/mol. The molecule has 1 aliphatic rings. The first-order valence-corrected chi connectivity index (χ1v) is 13.1. The van der Waals surface area contributed by atoms with Gasteiger partial charge in [0.15, 0.2) is 0 Å². The average Bonchev–Trinajstić information content (AvgIpc) is 3.46. The highest BCUT2D eigenvalue weighted by atomic mass is 15.5. The molecule has 6 nitrogen and oxygen atoms in total. The SMILES string of the molecule is CCCCc1nc2c(n1Cc1ccc(-c3ccccc3-c3nn[nH]n3)cc1)CCCC(C(C)C)C2. The first kappa shape index (κ1) is 23.5. The molecule has 0 fully saturated rings. The van der Waals surface area contributed by atoms with E-state index in [4.69, 9.17) is 4.98 Å². The number of fused-ring (bicyclic) bond motifs is 1. The summed E-state index contributed by atoms with van der Waals surface area (Å²) >= 11 is 0. The fraction of sp³-hybridized carbons (Fsp3) is 0.448. The Balaban J connectivity index is 1.43. The van der Waals surface area contributed by atoms with E-state index in [1.165, 1.54) is 48.5 Å². The lowest BCUT2D eigenvalue weighted by Crippen LogP contribution is -2.11. The van der Waals surface area contributed by atoms with Gasteiger partial charge in [0.1, 0.15) is 5.82 Å². The van der Waals surface area contributed by atoms with E-state index in [0.29, 0.717) is 11.7 Å². The number of imidazole rings is 1. The Morgan fingerprint density at radius 3 is 2.57 bits per heavy atom. The van der Waals surface area contributed by atoms with Gasteiger partial charge >= 0.3 is 0 Å². The van der Waals surface area contributed by atoms with E-state index in [9.17, 15) is 0 Å². The van der Waals surface area contributed by atoms with Crippen molar-refractivity contribution >= 4 is 0 Å². The summed E-state index contributed by atoms with van der Waals surface area (Å²) in [7, 11) is 0. The van der Waals surface area contributed by atoms with Crippen LogP contribution >= 0.6 is 0 Å². The predicted molar refractivity (Wildman–Crippen MR) is 140 cm³/mol. The quantitative estimate of drug-likeness (QED) is 0.309. The maximum Gasteiger partial charge on any atom is 0.205 e. The van der Waals surface area contributed by atoms with E-state index >= 15 is 0 Å². The molecule has 1 atom stereocenters. The van der Waals surface area contributed by atoms with Crippen LogP contribution in [-0.4, -0.2) is 30.2 Å². The summed E-state index contributed by atoms with van der Waals surface area (Å²) in [4.78, 5) is 5.22. The van der Waals surface area contributed by atoms with Crippen molar-refractivity contribution in [1.29, 1.82) is 0 Å². The Bertz CT molecular complexity index is 1240. The van der Waals surface area contributed by atoms with Crippen LogP contribution in [0.1, 0.15) is 69.2 Å². The van der Waals surface area contributed by atoms with Crippen LogP contribution in [0.25, 0.3) is 22.5 Å². The summed E-state index contributed by atoms with van der Waals surface area (Å²) in [6.07, 6.45) is 8.30. The number of hydrogen-bond acceptors (Lipinski definition) is 4. The van der Waals surface area contributed by atoms with Crippen LogP contribution in [0.2, 0.25) is 0 Å². The highest BCUT2D eigenvalue weighted by Gasteiger charge is 2.25. The molecule has 6 heteroatoms. The molecule has 4 aromatic rings. The van der Waals surface area contributed by atoms with Crippen LogP contribution in [0.4, 0.5) is 0 Å². The van der Waals surface area contributed by atoms with Crippen molar-refractivity contribution in [2.24, 2.45) is 11.8 Å². The van der Waals surface area contributed by atoms with Gasteiger partial charge in [-0.1, -0.05) is 75.7 Å². The van der Waals surface area contributed by atoms with Gasteiger partial charge in [-0.3, -0.25) is 0 Å². The van der Waals surface area contributed by atoms with Gasteiger partial charge < -0.3 is 4.57 Å². The molecule has 0 bridgehead atoms. The van der Waals surface area contributed by atoms with Crippen LogP contribution in [0.15, 0.2) is 48.5 Å². The second kappa shape index (κ2) is 10.5. The smallest absolute Gasteiger partial charge is 0.205 e. The summed E-state index contributed by atoms with van der Waals surface area (Å²) in [6, 6.07) is 17.2. The van der Waals surface area contributed by atoms with Crippen molar-refractivity contribution in [3.8, 4) is 22.5 Å². The molecule has 1 unspecified atom stereocenters. The van der Waals surface area contributed by atoms with E-state index in [0.717, 1.165) is 48.4 Å². The molecule has 5 rings (SSSR count). The van der Waals surface area contributed by atoms with Crippen molar-refractivity contribution in [3.63, 3.8) is 0 Å². The molecule has 1 N–H and O–H groups in total. The van der Waals surface area contributed by atoms with Gasteiger partial charge in [-0.05, 0) is 65.8 Å². The summed E-state index contributed by atoms with van der Waals surface area (Å²) in [6.45, 7) is 7.88. The van der Waals surface area contributed by atoms with Crippen molar-refractivity contribution in [1.82, 2.24) is 30.2 Å². The fourth-order valence-corrected chi connectivity index (χ4v) is 5.38. The highest BCUT2D eigenvalue weighted by molar-refractivity contribution is 5.80. The van der Waals surface area contributed by atoms with Gasteiger partial charge in [0.05, 0.1) is 5.69 Å². The molecule has 2 heterocycles. The Morgan fingerprint density at radius 2 is 1.86 bits per heavy atom. The number of nitrogens with zero attached hydrogens (tertiary/aromatic N) is 5. The lowest BCUT2D eigenvalue weighted by Gasteiger charge is -2.17. The lowest BCUT2D eigenvalue weighted by atomic mass is 9.89. The van der Waals surface area contributed by atoms with E-state index in [1.54, 1.807) is 0 Å². The van der Waals surface area contributed by atoms with Crippen LogP contribution in [0.3, 0.4) is 0 Å². The standard InChI is InChI=1S/C29H36N6/c1-4-5-13-28-30-26-18-23(20(2)3)9-8-12-27(26)35(28)19-21-14-16-22(17-15-21)24-10-6-7-11-25(24)29-31-33-34-32-29/h6-7,10-11,14-17,20,23H,4-5,8-9,12-13,18-19H2,1-3H3,(H,31,32,33,34). The van der Waals surface area contributed by atoms with Gasteiger partial charge in [-0.25, -0.2) is 4.98 Å². The lowest BCUT2D eigenvalue weighted by molar-refractivity contribution is 0.354. The zero-order valence-electron chi connectivity index (χ0n) is 21.2. The minimum absolute atomic E-state index is 0.617. The number of unbranched alkanes of at least 4 members (excludes halogenated alkanes) is 1. The van der Waals surface area contributed by atoms with Gasteiger partial charge in [0.25, 0.3) is 0 Å². The summed E-state index contributed by atoms with van der Waals surface area (Å²) in [5.41, 5.74) is 7.40. The largest absolute Gasteiger partial charge is 0.327 e. The average molecular weight is 469 g/mol. The maximum atomic E-state index is 5.22. The number of rotatable bonds is 8. The minimum atomic E-state index is 0.617. The molecule has 0 aliphatic heterocycles. The molecule has 2 aromatic heterocycles. The number of aromatic amines is 1. The molecule has 0 saturated heterocycles. The highest BCUT2D eigenvalue weighted by Crippen LogP contribution is 2.32. The Hall–Kier alpha value is -3.28. The third kappa shape index (κ3) is 5.07. The molecule has 2 aromatic carbocycles. The number of tetrazole rings is 1. The Kier molecular flexibility index (Phi) is 7.07. The third-order valence-corrected chi connectivity index (χ3v) is 7.49. The van der Waals surface area contributed by atoms with Gasteiger partial charge in [0, 0.05) is 24.2 Å². The van der Waals surface area contributed by atoms with Crippen LogP contribution in [0, 0.1) is 11.8 Å². The van der Waals surface area contributed by atoms with Crippen molar-refractivity contribution < 1.29 is 0 Å². The number of hydrogen-bond donors (Lipinski definition) is 1. The molecule has 0 spiro atoms. The van der Waals surface area contributed by atoms with E-state index in [1.807, 2.05) is 12.1 Å². The van der Waals surface area contributed by atoms with E-state index < -0.39 is 0 Å². The van der Waals surface area contributed by atoms with E-state index in [-0.39, 0.29) is 0 Å². The zero-order valence-corrected chi connectivity index (χ0v) is 21.2. The van der Waals surface area contributed by atoms with Crippen molar-refractivity contribution in [3.05, 3.63) is 71.3 Å². The topological polar surface area (TPSA) is 72.3 Å². The number of H-pyrrole nitrogens is 1. The Morgan fingerprint density at radius 1 is 1.06 bits per heavy atom. The second-order valence-electron chi connectivity index (χ2n) is 10.2. The number of aromatic nitrogens is 6. The maximum absolute atomic E-state index is 5.22. The summed E-state index contributed by atoms with van der Waals surface area (Å²) < 4.78 is 2.54. The van der Waals surface area contributed by atoms with Crippen molar-refractivity contribution in [2.75, 3.05) is 0 Å². The van der Waals surface area contributed by atoms with Crippen LogP contribution in [-0.2, 0) is 25.8 Å². The number of benzene rings is 2. The summed E-state index contributed by atoms with van der Waals surface area (Å²) in [5, 5.41) is 14.7. The molecular formula is C29H36N6. The summed E-state index contributed by atoms with van der Waals surface area (Å²) in [5.74, 6) is 3.35. The van der Waals surface area contributed by atoms with Gasteiger partial charge in [0.2, 0.25) is 5.82 Å². The zero-order chi connectivity index (χ0) is 24.2. The molecule has 0 amide bonds. The molecule has 1 aliphatic carbocycles. The van der Waals surface area contributed by atoms with Crippen LogP contribution in [0.5, 0.6) is 0 Å². The Labute approximate surface area is 208 Å². The van der Waals surface area contributed by atoms with Crippen LogP contribution < -0.4 is 0 Å². The fourth-order valence-electron chi connectivity index (χ4n) is 5.38. The van der Waals surface area contributed by atoms with Gasteiger partial charge in [-0.15, -0.1) is 10.2 Å². The molecule has 35 heavy (non-hydrogen) atoms. The molecule has 182 valence electrons. The molecule has 0 saturated carbocycles. The van der Waals surface area contributed by atoms with E-state index in [2.05, 4.69) is 82.4 Å². The minimum Gasteiger partial charge on any atom is -0.327 e. The van der Waals surface area contributed by atoms with Crippen molar-refractivity contribution in [2.45, 2.75) is 72.3 Å².